The zero-order valence-electron chi connectivity index (χ0n) is 15.1. The third kappa shape index (κ3) is 4.82. The maximum absolute atomic E-state index is 5.08. The Kier molecular flexibility index (Phi) is 6.06. The fourth-order valence-electron chi connectivity index (χ4n) is 3.02. The van der Waals surface area contributed by atoms with Gasteiger partial charge in [-0.25, -0.2) is 4.98 Å². The van der Waals surface area contributed by atoms with Crippen molar-refractivity contribution < 1.29 is 4.74 Å². The molecule has 0 atom stereocenters. The molecule has 1 aliphatic heterocycles. The second-order valence-corrected chi connectivity index (χ2v) is 6.28. The number of anilines is 3. The highest BCUT2D eigenvalue weighted by Crippen LogP contribution is 2.19. The summed E-state index contributed by atoms with van der Waals surface area (Å²) in [6.07, 6.45) is 0.963. The van der Waals surface area contributed by atoms with Crippen LogP contribution in [0.4, 0.5) is 17.5 Å². The summed E-state index contributed by atoms with van der Waals surface area (Å²) in [5.41, 5.74) is 2.28. The van der Waals surface area contributed by atoms with E-state index in [9.17, 15) is 0 Å². The molecule has 6 heteroatoms. The van der Waals surface area contributed by atoms with Crippen LogP contribution in [-0.2, 0) is 4.74 Å². The van der Waals surface area contributed by atoms with Gasteiger partial charge in [-0.15, -0.1) is 0 Å². The van der Waals surface area contributed by atoms with Crippen molar-refractivity contribution in [3.63, 3.8) is 0 Å². The standard InChI is InChI=1S/C19H27N5O/c1-16-15-18(20-9-6-14-25-2)22-19(21-16)24-12-10-23(11-13-24)17-7-4-3-5-8-17/h3-5,7-8,15H,6,9-14H2,1-2H3,(H,20,21,22). The van der Waals surface area contributed by atoms with Crippen LogP contribution < -0.4 is 15.1 Å². The number of hydrogen-bond donors (Lipinski definition) is 1. The number of methoxy groups -OCH3 is 1. The molecule has 0 aliphatic carbocycles. The van der Waals surface area contributed by atoms with E-state index in [0.717, 1.165) is 63.2 Å². The zero-order valence-corrected chi connectivity index (χ0v) is 15.1. The van der Waals surface area contributed by atoms with Gasteiger partial charge < -0.3 is 19.9 Å². The van der Waals surface area contributed by atoms with Gasteiger partial charge in [0.2, 0.25) is 5.95 Å². The number of rotatable bonds is 7. The van der Waals surface area contributed by atoms with Gasteiger partial charge in [0.15, 0.2) is 0 Å². The molecule has 0 unspecified atom stereocenters. The molecule has 0 amide bonds. The van der Waals surface area contributed by atoms with Crippen molar-refractivity contribution in [1.29, 1.82) is 0 Å². The average molecular weight is 341 g/mol. The summed E-state index contributed by atoms with van der Waals surface area (Å²) in [5.74, 6) is 1.71. The van der Waals surface area contributed by atoms with Crippen LogP contribution in [-0.4, -0.2) is 56.4 Å². The molecule has 1 aromatic heterocycles. The van der Waals surface area contributed by atoms with E-state index in [-0.39, 0.29) is 0 Å². The highest BCUT2D eigenvalue weighted by Gasteiger charge is 2.19. The molecule has 25 heavy (non-hydrogen) atoms. The lowest BCUT2D eigenvalue weighted by atomic mass is 10.2. The van der Waals surface area contributed by atoms with E-state index >= 15 is 0 Å². The van der Waals surface area contributed by atoms with Crippen LogP contribution in [0.1, 0.15) is 12.1 Å². The molecule has 0 bridgehead atoms. The van der Waals surface area contributed by atoms with Crippen molar-refractivity contribution in [3.05, 3.63) is 42.1 Å². The molecule has 0 saturated carbocycles. The molecule has 1 aromatic carbocycles. The van der Waals surface area contributed by atoms with Gasteiger partial charge in [-0.2, -0.15) is 4.98 Å². The van der Waals surface area contributed by atoms with E-state index in [1.54, 1.807) is 7.11 Å². The summed E-state index contributed by atoms with van der Waals surface area (Å²) >= 11 is 0. The van der Waals surface area contributed by atoms with E-state index < -0.39 is 0 Å². The Bertz CT molecular complexity index is 656. The van der Waals surface area contributed by atoms with E-state index in [1.807, 2.05) is 13.0 Å². The summed E-state index contributed by atoms with van der Waals surface area (Å²) in [4.78, 5) is 14.0. The Morgan fingerprint density at radius 2 is 1.76 bits per heavy atom. The van der Waals surface area contributed by atoms with Crippen molar-refractivity contribution in [2.24, 2.45) is 0 Å². The first-order chi connectivity index (χ1) is 12.3. The largest absolute Gasteiger partial charge is 0.385 e. The number of aromatic nitrogens is 2. The maximum Gasteiger partial charge on any atom is 0.227 e. The minimum Gasteiger partial charge on any atom is -0.385 e. The van der Waals surface area contributed by atoms with E-state index in [2.05, 4.69) is 50.4 Å². The Labute approximate surface area is 149 Å². The maximum atomic E-state index is 5.08. The van der Waals surface area contributed by atoms with Gasteiger partial charge in [-0.05, 0) is 25.5 Å². The lowest BCUT2D eigenvalue weighted by Gasteiger charge is -2.36. The topological polar surface area (TPSA) is 53.5 Å². The van der Waals surface area contributed by atoms with Gasteiger partial charge in [-0.3, -0.25) is 0 Å². The highest BCUT2D eigenvalue weighted by molar-refractivity contribution is 5.49. The van der Waals surface area contributed by atoms with Crippen LogP contribution in [0.2, 0.25) is 0 Å². The fourth-order valence-corrected chi connectivity index (χ4v) is 3.02. The highest BCUT2D eigenvalue weighted by atomic mass is 16.5. The summed E-state index contributed by atoms with van der Waals surface area (Å²) in [7, 11) is 1.72. The van der Waals surface area contributed by atoms with Crippen LogP contribution in [0.25, 0.3) is 0 Å². The second-order valence-electron chi connectivity index (χ2n) is 6.28. The van der Waals surface area contributed by atoms with Crippen molar-refractivity contribution in [2.45, 2.75) is 13.3 Å². The van der Waals surface area contributed by atoms with Crippen molar-refractivity contribution in [1.82, 2.24) is 9.97 Å². The van der Waals surface area contributed by atoms with Gasteiger partial charge in [0, 0.05) is 63.9 Å². The minimum atomic E-state index is 0.755. The van der Waals surface area contributed by atoms with Crippen molar-refractivity contribution in [3.8, 4) is 0 Å². The SMILES string of the molecule is COCCCNc1cc(C)nc(N2CCN(c3ccccc3)CC2)n1. The van der Waals surface area contributed by atoms with Crippen LogP contribution in [0.15, 0.2) is 36.4 Å². The molecule has 1 fully saturated rings. The lowest BCUT2D eigenvalue weighted by Crippen LogP contribution is -2.47. The summed E-state index contributed by atoms with van der Waals surface area (Å²) in [6, 6.07) is 12.6. The first kappa shape index (κ1) is 17.5. The first-order valence-electron chi connectivity index (χ1n) is 8.90. The molecule has 2 aromatic rings. The van der Waals surface area contributed by atoms with Crippen LogP contribution in [0, 0.1) is 6.92 Å². The first-order valence-corrected chi connectivity index (χ1v) is 8.90. The Morgan fingerprint density at radius 3 is 2.48 bits per heavy atom. The smallest absolute Gasteiger partial charge is 0.227 e. The van der Waals surface area contributed by atoms with Crippen LogP contribution in [0.3, 0.4) is 0 Å². The number of aryl methyl sites for hydroxylation is 1. The van der Waals surface area contributed by atoms with E-state index in [4.69, 9.17) is 9.72 Å². The monoisotopic (exact) mass is 341 g/mol. The zero-order chi connectivity index (χ0) is 17.5. The van der Waals surface area contributed by atoms with Crippen LogP contribution >= 0.6 is 0 Å². The van der Waals surface area contributed by atoms with Gasteiger partial charge >= 0.3 is 0 Å². The number of benzene rings is 1. The van der Waals surface area contributed by atoms with Gasteiger partial charge in [0.1, 0.15) is 5.82 Å². The summed E-state index contributed by atoms with van der Waals surface area (Å²) in [5, 5.41) is 3.37. The van der Waals surface area contributed by atoms with Crippen molar-refractivity contribution in [2.75, 3.05) is 61.6 Å². The van der Waals surface area contributed by atoms with Crippen LogP contribution in [0.5, 0.6) is 0 Å². The third-order valence-corrected chi connectivity index (χ3v) is 4.36. The van der Waals surface area contributed by atoms with Gasteiger partial charge in [-0.1, -0.05) is 18.2 Å². The summed E-state index contributed by atoms with van der Waals surface area (Å²) < 4.78 is 5.08. The lowest BCUT2D eigenvalue weighted by molar-refractivity contribution is 0.198. The molecular weight excluding hydrogens is 314 g/mol. The third-order valence-electron chi connectivity index (χ3n) is 4.36. The number of ether oxygens (including phenoxy) is 1. The van der Waals surface area contributed by atoms with Gasteiger partial charge in [0.05, 0.1) is 0 Å². The average Bonchev–Trinajstić information content (AvgIpc) is 2.66. The molecule has 1 N–H and O–H groups in total. The number of nitrogens with zero attached hydrogens (tertiary/aromatic N) is 4. The molecule has 0 radical (unpaired) electrons. The quantitative estimate of drug-likeness (QED) is 0.781. The summed E-state index contributed by atoms with van der Waals surface area (Å²) in [6.45, 7) is 7.46. The molecule has 1 aliphatic rings. The molecule has 1 saturated heterocycles. The minimum absolute atomic E-state index is 0.755. The molecule has 3 rings (SSSR count). The predicted molar refractivity (Wildman–Crippen MR) is 103 cm³/mol. The Balaban J connectivity index is 1.60. The number of nitrogens with one attached hydrogen (secondary N) is 1. The predicted octanol–water partition coefficient (Wildman–Crippen LogP) is 2.56. The molecule has 134 valence electrons. The van der Waals surface area contributed by atoms with E-state index in [0.29, 0.717) is 0 Å². The molecule has 6 nitrogen and oxygen atoms in total. The van der Waals surface area contributed by atoms with Crippen molar-refractivity contribution >= 4 is 17.5 Å². The molecular formula is C19H27N5O. The second kappa shape index (κ2) is 8.67. The number of para-hydroxylation sites is 1. The number of hydrogen-bond acceptors (Lipinski definition) is 6. The number of piperazine rings is 1. The molecule has 0 spiro atoms. The normalized spacial score (nSPS) is 14.6. The fraction of sp³-hybridized carbons (Fsp3) is 0.474. The van der Waals surface area contributed by atoms with Gasteiger partial charge in [0.25, 0.3) is 0 Å². The Hall–Kier alpha value is -2.34. The molecule has 2 heterocycles. The van der Waals surface area contributed by atoms with E-state index in [1.165, 1.54) is 5.69 Å². The Morgan fingerprint density at radius 1 is 1.04 bits per heavy atom.